The van der Waals surface area contributed by atoms with Crippen LogP contribution in [0.4, 0.5) is 10.1 Å². The molecule has 0 saturated heterocycles. The topological polar surface area (TPSA) is 116 Å². The van der Waals surface area contributed by atoms with Gasteiger partial charge >= 0.3 is 0 Å². The fourth-order valence-corrected chi connectivity index (χ4v) is 6.13. The summed E-state index contributed by atoms with van der Waals surface area (Å²) in [5.74, 6) is 0.815. The molecule has 10 nitrogen and oxygen atoms in total. The third-order valence-corrected chi connectivity index (χ3v) is 8.03. The third-order valence-electron chi connectivity index (χ3n) is 7.79. The second kappa shape index (κ2) is 8.36. The highest BCUT2D eigenvalue weighted by Crippen LogP contribution is 2.60. The summed E-state index contributed by atoms with van der Waals surface area (Å²) in [6.45, 7) is 4.22. The number of pyridine rings is 1. The van der Waals surface area contributed by atoms with Gasteiger partial charge in [-0.25, -0.2) is 4.98 Å². The highest BCUT2D eigenvalue weighted by atomic mass is 35.5. The van der Waals surface area contributed by atoms with E-state index in [0.717, 1.165) is 29.1 Å². The number of nitrogens with zero attached hydrogens (tertiary/aromatic N) is 6. The zero-order valence-electron chi connectivity index (χ0n) is 20.8. The second-order valence-corrected chi connectivity index (χ2v) is 10.7. The number of tetrazole rings is 1. The minimum absolute atomic E-state index is 0.154. The minimum atomic E-state index is -0.552. The maximum absolute atomic E-state index is 15.3. The van der Waals surface area contributed by atoms with Crippen LogP contribution in [0.5, 0.6) is 5.75 Å². The first-order chi connectivity index (χ1) is 19.4. The largest absolute Gasteiger partial charge is 0.485 e. The van der Waals surface area contributed by atoms with Gasteiger partial charge in [-0.15, -0.1) is 5.10 Å². The van der Waals surface area contributed by atoms with E-state index in [4.69, 9.17) is 16.3 Å². The highest BCUT2D eigenvalue weighted by molar-refractivity contribution is 6.31. The van der Waals surface area contributed by atoms with Crippen LogP contribution in [-0.2, 0) is 0 Å². The predicted molar refractivity (Wildman–Crippen MR) is 145 cm³/mol. The normalized spacial score (nSPS) is 20.4. The number of nitrogens with one attached hydrogen (secondary N) is 2. The van der Waals surface area contributed by atoms with Gasteiger partial charge in [-0.1, -0.05) is 24.2 Å². The van der Waals surface area contributed by atoms with E-state index >= 15 is 4.39 Å². The Hall–Kier alpha value is -4.77. The third kappa shape index (κ3) is 3.51. The van der Waals surface area contributed by atoms with Crippen molar-refractivity contribution in [3.8, 4) is 33.8 Å². The molecule has 3 aliphatic rings. The average molecular weight is 555 g/mol. The van der Waals surface area contributed by atoms with E-state index in [1.54, 1.807) is 34.9 Å². The Morgan fingerprint density at radius 2 is 2.02 bits per heavy atom. The predicted octanol–water partition coefficient (Wildman–Crippen LogP) is 4.70. The van der Waals surface area contributed by atoms with Crippen LogP contribution in [-0.4, -0.2) is 41.3 Å². The van der Waals surface area contributed by atoms with Crippen LogP contribution in [0.3, 0.4) is 0 Å². The van der Waals surface area contributed by atoms with E-state index in [2.05, 4.69) is 37.4 Å². The van der Waals surface area contributed by atoms with Gasteiger partial charge in [0.25, 0.3) is 5.56 Å². The van der Waals surface area contributed by atoms with Crippen molar-refractivity contribution in [1.29, 1.82) is 0 Å². The number of benzene rings is 2. The molecule has 3 unspecified atom stereocenters. The van der Waals surface area contributed by atoms with E-state index < -0.39 is 5.95 Å². The number of halogens is 2. The first-order valence-electron chi connectivity index (χ1n) is 12.7. The van der Waals surface area contributed by atoms with Gasteiger partial charge in [0.2, 0.25) is 5.95 Å². The Morgan fingerprint density at radius 3 is 2.88 bits per heavy atom. The molecule has 0 radical (unpaired) electrons. The minimum Gasteiger partial charge on any atom is -0.485 e. The number of anilines is 1. The molecule has 2 aromatic carbocycles. The lowest BCUT2D eigenvalue weighted by molar-refractivity contribution is 0.347. The Bertz CT molecular complexity index is 1910. The number of H-pyrrole nitrogens is 1. The molecule has 1 saturated carbocycles. The standard InChI is InChI=1S/C28H20ClFN8O2/c1-13-11-40-23-7-14(2-4-20(23)32-13)25-27(30)34-28(33-25)26-19-10-18(19)22-6-15(8-24(39)38(22)26)17-9-16(29)3-5-21(17)37-12-31-35-36-37/h2-9,12,18-19,26,32H,1,10-11H2,(H,33,34). The average Bonchev–Trinajstić information content (AvgIpc) is 3.24. The van der Waals surface area contributed by atoms with E-state index in [1.807, 2.05) is 18.2 Å². The number of fused-ring (bicyclic) bond motifs is 4. The Labute approximate surface area is 231 Å². The molecule has 0 spiro atoms. The van der Waals surface area contributed by atoms with Crippen LogP contribution in [0.25, 0.3) is 28.1 Å². The molecule has 198 valence electrons. The molecule has 0 amide bonds. The molecule has 40 heavy (non-hydrogen) atoms. The van der Waals surface area contributed by atoms with Crippen LogP contribution in [0.15, 0.2) is 71.9 Å². The SMILES string of the molecule is C=C1COc2cc(-c3nc(C4C5CC5c5cc(-c6cc(Cl)ccc6-n6cnnn6)cc(=O)n54)[nH]c3F)ccc2N1. The van der Waals surface area contributed by atoms with Crippen molar-refractivity contribution in [2.45, 2.75) is 18.4 Å². The quantitative estimate of drug-likeness (QED) is 0.331. The summed E-state index contributed by atoms with van der Waals surface area (Å²) in [5, 5.41) is 15.1. The van der Waals surface area contributed by atoms with Gasteiger partial charge in [0.15, 0.2) is 0 Å². The van der Waals surface area contributed by atoms with Crippen LogP contribution >= 0.6 is 11.6 Å². The van der Waals surface area contributed by atoms with Crippen LogP contribution < -0.4 is 15.6 Å². The van der Waals surface area contributed by atoms with Gasteiger partial charge in [-0.3, -0.25) is 4.79 Å². The molecule has 2 N–H and O–H groups in total. The number of ether oxygens (including phenoxy) is 1. The number of hydrogen-bond donors (Lipinski definition) is 2. The summed E-state index contributed by atoms with van der Waals surface area (Å²) in [4.78, 5) is 21.1. The molecule has 2 aliphatic heterocycles. The zero-order chi connectivity index (χ0) is 27.1. The van der Waals surface area contributed by atoms with Crippen molar-refractivity contribution >= 4 is 17.3 Å². The molecule has 12 heteroatoms. The second-order valence-electron chi connectivity index (χ2n) is 10.3. The molecule has 5 heterocycles. The Balaban J connectivity index is 1.19. The van der Waals surface area contributed by atoms with E-state index in [1.165, 1.54) is 11.0 Å². The first kappa shape index (κ1) is 23.1. The molecule has 3 atom stereocenters. The molecule has 1 aliphatic carbocycles. The van der Waals surface area contributed by atoms with Gasteiger partial charge in [0, 0.05) is 39.5 Å². The Kier molecular flexibility index (Phi) is 4.84. The van der Waals surface area contributed by atoms with Crippen molar-refractivity contribution in [3.05, 3.63) is 100.0 Å². The van der Waals surface area contributed by atoms with Crippen molar-refractivity contribution in [2.24, 2.45) is 5.92 Å². The molecular weight excluding hydrogens is 535 g/mol. The van der Waals surface area contributed by atoms with Crippen LogP contribution in [0.1, 0.15) is 29.9 Å². The van der Waals surface area contributed by atoms with E-state index in [0.29, 0.717) is 40.0 Å². The summed E-state index contributed by atoms with van der Waals surface area (Å²) in [7, 11) is 0. The van der Waals surface area contributed by atoms with Crippen molar-refractivity contribution in [2.75, 3.05) is 11.9 Å². The molecule has 1 fully saturated rings. The van der Waals surface area contributed by atoms with Crippen LogP contribution in [0, 0.1) is 11.9 Å². The Morgan fingerprint density at radius 1 is 1.12 bits per heavy atom. The lowest BCUT2D eigenvalue weighted by Gasteiger charge is -2.21. The van der Waals surface area contributed by atoms with Crippen molar-refractivity contribution in [3.63, 3.8) is 0 Å². The maximum Gasteiger partial charge on any atom is 0.252 e. The van der Waals surface area contributed by atoms with E-state index in [-0.39, 0.29) is 29.1 Å². The smallest absolute Gasteiger partial charge is 0.252 e. The van der Waals surface area contributed by atoms with Gasteiger partial charge < -0.3 is 19.6 Å². The summed E-state index contributed by atoms with van der Waals surface area (Å²) in [6.07, 6.45) is 2.38. The van der Waals surface area contributed by atoms with Crippen molar-refractivity contribution in [1.82, 2.24) is 34.7 Å². The fourth-order valence-electron chi connectivity index (χ4n) is 5.95. The lowest BCUT2D eigenvalue weighted by atomic mass is 10.0. The van der Waals surface area contributed by atoms with Gasteiger partial charge in [-0.05, 0) is 64.7 Å². The number of imidazole rings is 1. The number of aromatic nitrogens is 7. The summed E-state index contributed by atoms with van der Waals surface area (Å²) in [5.41, 5.74) is 5.14. The summed E-state index contributed by atoms with van der Waals surface area (Å²) >= 11 is 6.33. The monoisotopic (exact) mass is 554 g/mol. The van der Waals surface area contributed by atoms with E-state index in [9.17, 15) is 4.79 Å². The summed E-state index contributed by atoms with van der Waals surface area (Å²) < 4.78 is 24.3. The molecule has 8 rings (SSSR count). The van der Waals surface area contributed by atoms with Gasteiger partial charge in [0.1, 0.15) is 30.2 Å². The summed E-state index contributed by atoms with van der Waals surface area (Å²) in [6, 6.07) is 13.9. The van der Waals surface area contributed by atoms with Crippen molar-refractivity contribution < 1.29 is 9.13 Å². The lowest BCUT2D eigenvalue weighted by Crippen LogP contribution is -2.26. The maximum atomic E-state index is 15.3. The zero-order valence-corrected chi connectivity index (χ0v) is 21.6. The molecule has 0 bridgehead atoms. The number of hydrogen-bond acceptors (Lipinski definition) is 7. The van der Waals surface area contributed by atoms with Gasteiger partial charge in [-0.2, -0.15) is 9.07 Å². The highest BCUT2D eigenvalue weighted by Gasteiger charge is 2.54. The fraction of sp³-hybridized carbons (Fsp3) is 0.179. The first-order valence-corrected chi connectivity index (χ1v) is 13.1. The molecule has 5 aromatic rings. The van der Waals surface area contributed by atoms with Crippen LogP contribution in [0.2, 0.25) is 5.02 Å². The number of aromatic amines is 1. The molecular formula is C28H20ClFN8O2. The van der Waals surface area contributed by atoms with Gasteiger partial charge in [0.05, 0.1) is 17.4 Å². The molecule has 3 aromatic heterocycles. The number of rotatable bonds is 4.